The van der Waals surface area contributed by atoms with Crippen LogP contribution in [0.25, 0.3) is 27.8 Å². The van der Waals surface area contributed by atoms with Crippen molar-refractivity contribution in [1.82, 2.24) is 14.0 Å². The van der Waals surface area contributed by atoms with Crippen molar-refractivity contribution in [3.05, 3.63) is 89.0 Å². The summed E-state index contributed by atoms with van der Waals surface area (Å²) in [5.41, 5.74) is 8.58. The van der Waals surface area contributed by atoms with E-state index in [1.54, 1.807) is 4.40 Å². The van der Waals surface area contributed by atoms with Gasteiger partial charge in [-0.25, -0.2) is 9.38 Å². The molecule has 0 spiro atoms. The maximum absolute atomic E-state index is 13.2. The topological polar surface area (TPSA) is 39.3 Å². The van der Waals surface area contributed by atoms with Crippen LogP contribution >= 0.6 is 33.9 Å². The second kappa shape index (κ2) is 7.06. The Morgan fingerprint density at radius 1 is 1.00 bits per heavy atom. The SMILES string of the molecule is Cc1cc2nc3s/c(=C/c4cc(C)n(-c5ccc(I)cc5)c4C)c(=O)n3c2cc1C. The van der Waals surface area contributed by atoms with Crippen molar-refractivity contribution in [2.75, 3.05) is 0 Å². The van der Waals surface area contributed by atoms with Crippen LogP contribution in [-0.4, -0.2) is 14.0 Å². The molecule has 0 fully saturated rings. The summed E-state index contributed by atoms with van der Waals surface area (Å²) in [5, 5.41) is 0. The first-order valence-corrected chi connectivity index (χ1v) is 11.6. The van der Waals surface area contributed by atoms with Gasteiger partial charge in [-0.3, -0.25) is 4.79 Å². The lowest BCUT2D eigenvalue weighted by Gasteiger charge is -2.09. The summed E-state index contributed by atoms with van der Waals surface area (Å²) in [7, 11) is 0. The summed E-state index contributed by atoms with van der Waals surface area (Å²) in [5.74, 6) is 0. The highest BCUT2D eigenvalue weighted by atomic mass is 127. The van der Waals surface area contributed by atoms with Gasteiger partial charge in [-0.1, -0.05) is 11.3 Å². The Morgan fingerprint density at radius 3 is 2.43 bits per heavy atom. The molecule has 0 radical (unpaired) electrons. The number of rotatable bonds is 2. The largest absolute Gasteiger partial charge is 0.318 e. The van der Waals surface area contributed by atoms with E-state index in [4.69, 9.17) is 4.98 Å². The van der Waals surface area contributed by atoms with E-state index in [1.165, 1.54) is 26.0 Å². The molecule has 0 amide bonds. The Kier molecular flexibility index (Phi) is 4.59. The lowest BCUT2D eigenvalue weighted by Crippen LogP contribution is -2.22. The highest BCUT2D eigenvalue weighted by Crippen LogP contribution is 2.23. The van der Waals surface area contributed by atoms with E-state index in [0.717, 1.165) is 38.6 Å². The summed E-state index contributed by atoms with van der Waals surface area (Å²) in [6.45, 7) is 8.34. The summed E-state index contributed by atoms with van der Waals surface area (Å²) in [4.78, 5) is 18.7. The van der Waals surface area contributed by atoms with Gasteiger partial charge in [0.2, 0.25) is 0 Å². The van der Waals surface area contributed by atoms with E-state index in [-0.39, 0.29) is 5.56 Å². The van der Waals surface area contributed by atoms with Crippen LogP contribution in [0.4, 0.5) is 0 Å². The molecule has 5 aromatic rings. The first-order chi connectivity index (χ1) is 14.3. The molecular weight excluding hydrogens is 505 g/mol. The predicted octanol–water partition coefficient (Wildman–Crippen LogP) is 5.09. The number of aromatic nitrogens is 3. The molecule has 0 saturated heterocycles. The Hall–Kier alpha value is -2.45. The summed E-state index contributed by atoms with van der Waals surface area (Å²) >= 11 is 3.77. The van der Waals surface area contributed by atoms with Crippen LogP contribution in [0.5, 0.6) is 0 Å². The number of hydrogen-bond donors (Lipinski definition) is 0. The van der Waals surface area contributed by atoms with Crippen molar-refractivity contribution in [2.24, 2.45) is 0 Å². The Labute approximate surface area is 191 Å². The molecule has 0 atom stereocenters. The minimum absolute atomic E-state index is 0.000166. The van der Waals surface area contributed by atoms with Crippen LogP contribution in [0.2, 0.25) is 0 Å². The molecule has 6 heteroatoms. The van der Waals surface area contributed by atoms with Crippen molar-refractivity contribution < 1.29 is 0 Å². The number of hydrogen-bond acceptors (Lipinski definition) is 3. The fourth-order valence-electron chi connectivity index (χ4n) is 3.98. The van der Waals surface area contributed by atoms with Gasteiger partial charge in [0, 0.05) is 20.6 Å². The van der Waals surface area contributed by atoms with Crippen molar-refractivity contribution in [1.29, 1.82) is 0 Å². The summed E-state index contributed by atoms with van der Waals surface area (Å²) in [6, 6.07) is 14.7. The summed E-state index contributed by atoms with van der Waals surface area (Å²) < 4.78 is 5.89. The van der Waals surface area contributed by atoms with Gasteiger partial charge in [-0.05, 0) is 116 Å². The van der Waals surface area contributed by atoms with Gasteiger partial charge in [-0.15, -0.1) is 0 Å². The molecule has 0 aliphatic heterocycles. The van der Waals surface area contributed by atoms with Crippen molar-refractivity contribution >= 4 is 56.0 Å². The highest BCUT2D eigenvalue weighted by Gasteiger charge is 2.14. The standard InChI is InChI=1S/C24H20IN3OS/c1-13-9-20-21(10-14(13)2)28-23(29)22(30-24(28)26-20)12-17-11-15(3)27(16(17)4)19-7-5-18(25)6-8-19/h5-12H,1-4H3/b22-12+. The summed E-state index contributed by atoms with van der Waals surface area (Å²) in [6.07, 6.45) is 2.00. The number of imidazole rings is 1. The van der Waals surface area contributed by atoms with Crippen LogP contribution in [0, 0.1) is 31.3 Å². The normalized spacial score (nSPS) is 12.5. The van der Waals surface area contributed by atoms with Crippen molar-refractivity contribution in [3.8, 4) is 5.69 Å². The number of fused-ring (bicyclic) bond motifs is 3. The highest BCUT2D eigenvalue weighted by molar-refractivity contribution is 14.1. The fraction of sp³-hybridized carbons (Fsp3) is 0.167. The third-order valence-corrected chi connectivity index (χ3v) is 7.38. The maximum atomic E-state index is 13.2. The van der Waals surface area contributed by atoms with E-state index < -0.39 is 0 Å². The number of benzene rings is 2. The smallest absolute Gasteiger partial charge is 0.274 e. The average Bonchev–Trinajstić information content (AvgIpc) is 3.29. The van der Waals surface area contributed by atoms with Gasteiger partial charge < -0.3 is 4.57 Å². The van der Waals surface area contributed by atoms with E-state index in [9.17, 15) is 4.79 Å². The Balaban J connectivity index is 1.69. The van der Waals surface area contributed by atoms with Crippen molar-refractivity contribution in [3.63, 3.8) is 0 Å². The molecule has 0 bridgehead atoms. The number of aryl methyl sites for hydroxylation is 3. The zero-order chi connectivity index (χ0) is 21.2. The predicted molar refractivity (Wildman–Crippen MR) is 133 cm³/mol. The molecule has 150 valence electrons. The molecule has 2 aromatic carbocycles. The molecule has 30 heavy (non-hydrogen) atoms. The molecule has 3 heterocycles. The minimum atomic E-state index is -0.000166. The van der Waals surface area contributed by atoms with Crippen LogP contribution in [0.1, 0.15) is 28.1 Å². The quantitative estimate of drug-likeness (QED) is 0.302. The van der Waals surface area contributed by atoms with Crippen LogP contribution in [0.3, 0.4) is 0 Å². The second-order valence-electron chi connectivity index (χ2n) is 7.71. The molecule has 5 rings (SSSR count). The lowest BCUT2D eigenvalue weighted by molar-refractivity contribution is 0.964. The first kappa shape index (κ1) is 19.5. The van der Waals surface area contributed by atoms with Crippen molar-refractivity contribution in [2.45, 2.75) is 27.7 Å². The zero-order valence-corrected chi connectivity index (χ0v) is 20.1. The lowest BCUT2D eigenvalue weighted by atomic mass is 10.1. The van der Waals surface area contributed by atoms with Crippen LogP contribution in [-0.2, 0) is 0 Å². The average molecular weight is 525 g/mol. The fourth-order valence-corrected chi connectivity index (χ4v) is 5.32. The van der Waals surface area contributed by atoms with Gasteiger partial charge in [0.25, 0.3) is 5.56 Å². The molecule has 0 aliphatic rings. The maximum Gasteiger partial charge on any atom is 0.274 e. The Morgan fingerprint density at radius 2 is 1.70 bits per heavy atom. The van der Waals surface area contributed by atoms with E-state index in [2.05, 4.69) is 97.3 Å². The van der Waals surface area contributed by atoms with Gasteiger partial charge in [0.05, 0.1) is 15.6 Å². The number of nitrogens with zero attached hydrogens (tertiary/aromatic N) is 3. The third-order valence-electron chi connectivity index (χ3n) is 5.70. The molecule has 3 aromatic heterocycles. The number of halogens is 1. The van der Waals surface area contributed by atoms with E-state index in [0.29, 0.717) is 4.53 Å². The first-order valence-electron chi connectivity index (χ1n) is 9.72. The zero-order valence-electron chi connectivity index (χ0n) is 17.2. The minimum Gasteiger partial charge on any atom is -0.318 e. The molecule has 0 unspecified atom stereocenters. The van der Waals surface area contributed by atoms with Crippen LogP contribution in [0.15, 0.2) is 47.3 Å². The van der Waals surface area contributed by atoms with Gasteiger partial charge in [0.15, 0.2) is 4.96 Å². The van der Waals surface area contributed by atoms with E-state index >= 15 is 0 Å². The molecule has 4 nitrogen and oxygen atoms in total. The molecule has 0 saturated carbocycles. The van der Waals surface area contributed by atoms with Crippen LogP contribution < -0.4 is 10.1 Å². The molecular formula is C24H20IN3OS. The number of thiazole rings is 1. The third kappa shape index (κ3) is 3.01. The monoisotopic (exact) mass is 525 g/mol. The molecule has 0 N–H and O–H groups in total. The molecule has 0 aliphatic carbocycles. The van der Waals surface area contributed by atoms with Gasteiger partial charge in [0.1, 0.15) is 0 Å². The second-order valence-corrected chi connectivity index (χ2v) is 9.96. The van der Waals surface area contributed by atoms with E-state index in [1.807, 2.05) is 6.08 Å². The van der Waals surface area contributed by atoms with Gasteiger partial charge in [-0.2, -0.15) is 0 Å². The van der Waals surface area contributed by atoms with Gasteiger partial charge >= 0.3 is 0 Å². The Bertz CT molecular complexity index is 1550.